The molecule has 20 heavy (non-hydrogen) atoms. The average Bonchev–Trinajstić information content (AvgIpc) is 2.46. The normalized spacial score (nSPS) is 27.9. The summed E-state index contributed by atoms with van der Waals surface area (Å²) in [5.74, 6) is 0.300. The van der Waals surface area contributed by atoms with Crippen molar-refractivity contribution in [2.75, 3.05) is 6.26 Å². The van der Waals surface area contributed by atoms with Crippen LogP contribution in [-0.4, -0.2) is 25.6 Å². The molecule has 2 aliphatic rings. The molecule has 118 valence electrons. The van der Waals surface area contributed by atoms with E-state index in [2.05, 4.69) is 0 Å². The minimum atomic E-state index is -3.36. The topological polar surface area (TPSA) is 86.2 Å². The predicted molar refractivity (Wildman–Crippen MR) is 82.9 cm³/mol. The van der Waals surface area contributed by atoms with Gasteiger partial charge in [-0.3, -0.25) is 0 Å². The van der Waals surface area contributed by atoms with Crippen LogP contribution < -0.4 is 11.5 Å². The molecule has 0 aromatic rings. The van der Waals surface area contributed by atoms with Crippen LogP contribution in [0, 0.1) is 11.8 Å². The van der Waals surface area contributed by atoms with Crippen molar-refractivity contribution >= 4 is 9.84 Å². The largest absolute Gasteiger partial charge is 0.325 e. The summed E-state index contributed by atoms with van der Waals surface area (Å²) in [5.41, 5.74) is 13.0. The summed E-state index contributed by atoms with van der Waals surface area (Å²) in [7, 11) is -3.36. The van der Waals surface area contributed by atoms with E-state index in [0.29, 0.717) is 0 Å². The van der Waals surface area contributed by atoms with E-state index in [1.54, 1.807) is 0 Å². The maximum atomic E-state index is 12.4. The fraction of sp³-hybridized carbons (Fsp3) is 1.00. The van der Waals surface area contributed by atoms with Gasteiger partial charge in [0.15, 0.2) is 9.84 Å². The molecule has 0 bridgehead atoms. The summed E-state index contributed by atoms with van der Waals surface area (Å²) in [6.45, 7) is 0. The summed E-state index contributed by atoms with van der Waals surface area (Å²) in [6, 6.07) is -0.416. The molecule has 2 atom stereocenters. The summed E-state index contributed by atoms with van der Waals surface area (Å²) in [4.78, 5) is -1.23. The first-order chi connectivity index (χ1) is 9.37. The minimum Gasteiger partial charge on any atom is -0.325 e. The van der Waals surface area contributed by atoms with Crippen molar-refractivity contribution < 1.29 is 8.42 Å². The molecule has 0 aromatic carbocycles. The Hall–Kier alpha value is -0.130. The molecule has 4 N–H and O–H groups in total. The molecular formula is C15H30N2O2S. The number of nitrogens with two attached hydrogens (primary N) is 2. The molecule has 2 fully saturated rings. The van der Waals surface area contributed by atoms with Crippen molar-refractivity contribution in [2.45, 2.75) is 75.1 Å². The SMILES string of the molecule is CS(=O)(=O)C(N)(C1CCCCC1)C(N)C1CCCCC1. The molecule has 2 unspecified atom stereocenters. The van der Waals surface area contributed by atoms with Crippen molar-refractivity contribution in [2.24, 2.45) is 23.3 Å². The Morgan fingerprint density at radius 2 is 1.40 bits per heavy atom. The maximum Gasteiger partial charge on any atom is 0.167 e. The lowest BCUT2D eigenvalue weighted by atomic mass is 9.74. The fourth-order valence-corrected chi connectivity index (χ4v) is 5.77. The van der Waals surface area contributed by atoms with Crippen molar-refractivity contribution in [3.05, 3.63) is 0 Å². The van der Waals surface area contributed by atoms with Gasteiger partial charge in [0.1, 0.15) is 4.87 Å². The Morgan fingerprint density at radius 3 is 1.85 bits per heavy atom. The lowest BCUT2D eigenvalue weighted by Gasteiger charge is -2.45. The van der Waals surface area contributed by atoms with Crippen molar-refractivity contribution in [3.8, 4) is 0 Å². The van der Waals surface area contributed by atoms with Crippen LogP contribution in [0.4, 0.5) is 0 Å². The van der Waals surface area contributed by atoms with Crippen LogP contribution in [0.3, 0.4) is 0 Å². The van der Waals surface area contributed by atoms with E-state index in [9.17, 15) is 8.42 Å². The third kappa shape index (κ3) is 3.04. The molecule has 2 saturated carbocycles. The Morgan fingerprint density at radius 1 is 0.950 bits per heavy atom. The van der Waals surface area contributed by atoms with Crippen molar-refractivity contribution in [3.63, 3.8) is 0 Å². The molecular weight excluding hydrogens is 272 g/mol. The van der Waals surface area contributed by atoms with E-state index < -0.39 is 20.8 Å². The summed E-state index contributed by atoms with van der Waals surface area (Å²) >= 11 is 0. The highest BCUT2D eigenvalue weighted by Gasteiger charge is 2.51. The zero-order valence-corrected chi connectivity index (χ0v) is 13.5. The molecule has 0 aliphatic heterocycles. The van der Waals surface area contributed by atoms with Crippen LogP contribution in [0.25, 0.3) is 0 Å². The monoisotopic (exact) mass is 302 g/mol. The van der Waals surface area contributed by atoms with Crippen LogP contribution in [0.15, 0.2) is 0 Å². The van der Waals surface area contributed by atoms with Gasteiger partial charge in [0.05, 0.1) is 0 Å². The van der Waals surface area contributed by atoms with Crippen LogP contribution in [0.1, 0.15) is 64.2 Å². The highest BCUT2D eigenvalue weighted by atomic mass is 32.2. The first-order valence-corrected chi connectivity index (χ1v) is 10.0. The Balaban J connectivity index is 2.25. The van der Waals surface area contributed by atoms with Crippen LogP contribution >= 0.6 is 0 Å². The molecule has 2 rings (SSSR count). The van der Waals surface area contributed by atoms with E-state index >= 15 is 0 Å². The molecule has 0 saturated heterocycles. The number of hydrogen-bond acceptors (Lipinski definition) is 4. The Labute approximate surface area is 123 Å². The minimum absolute atomic E-state index is 0.0307. The quantitative estimate of drug-likeness (QED) is 0.833. The van der Waals surface area contributed by atoms with Crippen molar-refractivity contribution in [1.29, 1.82) is 0 Å². The molecule has 0 aromatic heterocycles. The summed E-state index contributed by atoms with van der Waals surface area (Å²) in [5, 5.41) is 0. The zero-order chi connectivity index (χ0) is 14.8. The summed E-state index contributed by atoms with van der Waals surface area (Å²) < 4.78 is 24.9. The summed E-state index contributed by atoms with van der Waals surface area (Å²) in [6.07, 6.45) is 12.1. The molecule has 2 aliphatic carbocycles. The Kier molecular flexibility index (Phi) is 5.14. The molecule has 0 radical (unpaired) electrons. The smallest absolute Gasteiger partial charge is 0.167 e. The Bertz CT molecular complexity index is 412. The molecule has 0 amide bonds. The third-order valence-electron chi connectivity index (χ3n) is 5.56. The van der Waals surface area contributed by atoms with E-state index in [1.807, 2.05) is 0 Å². The second-order valence-corrected chi connectivity index (χ2v) is 9.14. The average molecular weight is 302 g/mol. The molecule has 5 heteroatoms. The maximum absolute atomic E-state index is 12.4. The van der Waals surface area contributed by atoms with E-state index in [1.165, 1.54) is 19.1 Å². The van der Waals surface area contributed by atoms with E-state index in [4.69, 9.17) is 11.5 Å². The van der Waals surface area contributed by atoms with Crippen LogP contribution in [0.2, 0.25) is 0 Å². The second kappa shape index (κ2) is 6.32. The highest BCUT2D eigenvalue weighted by molar-refractivity contribution is 7.92. The van der Waals surface area contributed by atoms with E-state index in [0.717, 1.165) is 51.4 Å². The molecule has 0 heterocycles. The van der Waals surface area contributed by atoms with Gasteiger partial charge in [-0.2, -0.15) is 0 Å². The molecule has 0 spiro atoms. The van der Waals surface area contributed by atoms with E-state index in [-0.39, 0.29) is 11.8 Å². The van der Waals surface area contributed by atoms with Gasteiger partial charge < -0.3 is 11.5 Å². The van der Waals surface area contributed by atoms with Gasteiger partial charge in [-0.15, -0.1) is 0 Å². The third-order valence-corrected chi connectivity index (χ3v) is 7.45. The van der Waals surface area contributed by atoms with Gasteiger partial charge >= 0.3 is 0 Å². The van der Waals surface area contributed by atoms with Gasteiger partial charge in [-0.25, -0.2) is 8.42 Å². The lowest BCUT2D eigenvalue weighted by molar-refractivity contribution is 0.181. The van der Waals surface area contributed by atoms with Gasteiger partial charge in [-0.05, 0) is 37.5 Å². The lowest BCUT2D eigenvalue weighted by Crippen LogP contribution is -2.67. The van der Waals surface area contributed by atoms with Crippen LogP contribution in [0.5, 0.6) is 0 Å². The first kappa shape index (κ1) is 16.2. The highest BCUT2D eigenvalue weighted by Crippen LogP contribution is 2.40. The fourth-order valence-electron chi connectivity index (χ4n) is 4.24. The first-order valence-electron chi connectivity index (χ1n) is 8.11. The van der Waals surface area contributed by atoms with Crippen LogP contribution in [-0.2, 0) is 9.84 Å². The number of rotatable bonds is 4. The standard InChI is InChI=1S/C15H30N2O2S/c1-20(18,19)15(17,13-10-6-3-7-11-13)14(16)12-8-4-2-5-9-12/h12-14H,2-11,16-17H2,1H3. The van der Waals surface area contributed by atoms with Gasteiger partial charge in [0.25, 0.3) is 0 Å². The second-order valence-electron chi connectivity index (χ2n) is 6.88. The number of sulfone groups is 1. The van der Waals surface area contributed by atoms with Gasteiger partial charge in [0.2, 0.25) is 0 Å². The predicted octanol–water partition coefficient (Wildman–Crippen LogP) is 2.17. The zero-order valence-electron chi connectivity index (χ0n) is 12.7. The van der Waals surface area contributed by atoms with Crippen molar-refractivity contribution in [1.82, 2.24) is 0 Å². The number of hydrogen-bond donors (Lipinski definition) is 2. The van der Waals surface area contributed by atoms with Gasteiger partial charge in [0, 0.05) is 12.3 Å². The van der Waals surface area contributed by atoms with Gasteiger partial charge in [-0.1, -0.05) is 38.5 Å². The molecule has 4 nitrogen and oxygen atoms in total.